The summed E-state index contributed by atoms with van der Waals surface area (Å²) in [6.45, 7) is 1.78. The summed E-state index contributed by atoms with van der Waals surface area (Å²) in [7, 11) is 0. The number of carbonyl (C=O) groups excluding carboxylic acids is 1. The van der Waals surface area contributed by atoms with Gasteiger partial charge in [0.2, 0.25) is 0 Å². The maximum absolute atomic E-state index is 13.2. The van der Waals surface area contributed by atoms with E-state index >= 15 is 0 Å². The van der Waals surface area contributed by atoms with Crippen LogP contribution in [0.3, 0.4) is 0 Å². The number of ketones is 1. The van der Waals surface area contributed by atoms with Gasteiger partial charge in [-0.1, -0.05) is 0 Å². The summed E-state index contributed by atoms with van der Waals surface area (Å²) in [5.74, 6) is -0.797. The van der Waals surface area contributed by atoms with E-state index in [1.54, 1.807) is 6.92 Å². The Labute approximate surface area is 112 Å². The quantitative estimate of drug-likeness (QED) is 0.770. The van der Waals surface area contributed by atoms with Crippen molar-refractivity contribution in [1.82, 2.24) is 0 Å². The number of thioether (sulfide) groups is 1. The van der Waals surface area contributed by atoms with E-state index < -0.39 is 17.6 Å². The second-order valence-corrected chi connectivity index (χ2v) is 6.27. The van der Waals surface area contributed by atoms with Gasteiger partial charge >= 0.3 is 6.18 Å². The molecule has 1 heterocycles. The van der Waals surface area contributed by atoms with Crippen LogP contribution in [0.15, 0.2) is 18.2 Å². The van der Waals surface area contributed by atoms with E-state index in [4.69, 9.17) is 0 Å². The lowest BCUT2D eigenvalue weighted by Crippen LogP contribution is -2.09. The predicted molar refractivity (Wildman–Crippen MR) is 65.6 cm³/mol. The van der Waals surface area contributed by atoms with Crippen LogP contribution in [-0.4, -0.2) is 16.3 Å². The summed E-state index contributed by atoms with van der Waals surface area (Å²) in [6, 6.07) is 2.54. The molecule has 1 fully saturated rings. The van der Waals surface area contributed by atoms with Gasteiger partial charge in [0.25, 0.3) is 0 Å². The SMILES string of the molecule is CC1SC(Cc2cc(F)cc(C(F)(F)F)c2)CC1=O. The molecule has 0 saturated carbocycles. The van der Waals surface area contributed by atoms with Crippen LogP contribution in [0.25, 0.3) is 0 Å². The molecule has 19 heavy (non-hydrogen) atoms. The summed E-state index contributed by atoms with van der Waals surface area (Å²) < 4.78 is 50.9. The summed E-state index contributed by atoms with van der Waals surface area (Å²) in [5.41, 5.74) is -0.698. The number of benzene rings is 1. The van der Waals surface area contributed by atoms with Crippen molar-refractivity contribution in [3.05, 3.63) is 35.1 Å². The van der Waals surface area contributed by atoms with Crippen molar-refractivity contribution >= 4 is 17.5 Å². The zero-order valence-corrected chi connectivity index (χ0v) is 10.9. The van der Waals surface area contributed by atoms with E-state index in [0.29, 0.717) is 12.5 Å². The van der Waals surface area contributed by atoms with Gasteiger partial charge in [0, 0.05) is 11.7 Å². The second-order valence-electron chi connectivity index (χ2n) is 4.62. The first-order valence-electron chi connectivity index (χ1n) is 5.80. The molecule has 1 aromatic rings. The van der Waals surface area contributed by atoms with Crippen molar-refractivity contribution in [2.24, 2.45) is 0 Å². The Hall–Kier alpha value is -1.04. The standard InChI is InChI=1S/C13H12F4OS/c1-7-12(18)6-11(19-7)4-8-2-9(13(15,16)17)5-10(14)3-8/h2-3,5,7,11H,4,6H2,1H3. The van der Waals surface area contributed by atoms with E-state index in [1.807, 2.05) is 0 Å². The average molecular weight is 292 g/mol. The zero-order chi connectivity index (χ0) is 14.2. The van der Waals surface area contributed by atoms with Crippen molar-refractivity contribution < 1.29 is 22.4 Å². The number of alkyl halides is 3. The molecule has 1 aliphatic heterocycles. The highest BCUT2D eigenvalue weighted by Gasteiger charge is 2.33. The smallest absolute Gasteiger partial charge is 0.298 e. The molecule has 0 radical (unpaired) electrons. The molecule has 1 aliphatic rings. The van der Waals surface area contributed by atoms with Crippen LogP contribution >= 0.6 is 11.8 Å². The molecule has 1 aromatic carbocycles. The van der Waals surface area contributed by atoms with Gasteiger partial charge < -0.3 is 0 Å². The van der Waals surface area contributed by atoms with Crippen LogP contribution in [0.5, 0.6) is 0 Å². The normalized spacial score (nSPS) is 23.9. The lowest BCUT2D eigenvalue weighted by Gasteiger charge is -2.12. The van der Waals surface area contributed by atoms with Crippen LogP contribution in [0.2, 0.25) is 0 Å². The van der Waals surface area contributed by atoms with Crippen molar-refractivity contribution in [3.63, 3.8) is 0 Å². The van der Waals surface area contributed by atoms with E-state index in [2.05, 4.69) is 0 Å². The minimum absolute atomic E-state index is 0.0645. The van der Waals surface area contributed by atoms with Crippen molar-refractivity contribution in [2.45, 2.75) is 36.4 Å². The number of halogens is 4. The Balaban J connectivity index is 2.17. The maximum atomic E-state index is 13.2. The largest absolute Gasteiger partial charge is 0.416 e. The second kappa shape index (κ2) is 5.15. The van der Waals surface area contributed by atoms with Crippen molar-refractivity contribution in [1.29, 1.82) is 0 Å². The van der Waals surface area contributed by atoms with Crippen molar-refractivity contribution in [2.75, 3.05) is 0 Å². The first-order valence-corrected chi connectivity index (χ1v) is 6.75. The summed E-state index contributed by atoms with van der Waals surface area (Å²) >= 11 is 1.43. The molecule has 0 spiro atoms. The number of carbonyl (C=O) groups is 1. The van der Waals surface area contributed by atoms with Gasteiger partial charge in [-0.05, 0) is 37.1 Å². The highest BCUT2D eigenvalue weighted by atomic mass is 32.2. The summed E-state index contributed by atoms with van der Waals surface area (Å²) in [6.07, 6.45) is -3.94. The molecule has 0 aromatic heterocycles. The molecule has 2 rings (SSSR count). The van der Waals surface area contributed by atoms with Crippen LogP contribution in [-0.2, 0) is 17.4 Å². The monoisotopic (exact) mass is 292 g/mol. The van der Waals surface area contributed by atoms with Gasteiger partial charge in [0.15, 0.2) is 0 Å². The minimum atomic E-state index is -4.55. The lowest BCUT2D eigenvalue weighted by molar-refractivity contribution is -0.137. The molecule has 104 valence electrons. The third kappa shape index (κ3) is 3.49. The van der Waals surface area contributed by atoms with Gasteiger partial charge in [-0.25, -0.2) is 4.39 Å². The van der Waals surface area contributed by atoms with Gasteiger partial charge in [-0.15, -0.1) is 11.8 Å². The topological polar surface area (TPSA) is 17.1 Å². The molecule has 2 unspecified atom stereocenters. The molecule has 0 bridgehead atoms. The van der Waals surface area contributed by atoms with Crippen molar-refractivity contribution in [3.8, 4) is 0 Å². The Bertz CT molecular complexity index is 498. The van der Waals surface area contributed by atoms with E-state index in [1.165, 1.54) is 11.8 Å². The molecular formula is C13H12F4OS. The Morgan fingerprint density at radius 1 is 1.32 bits per heavy atom. The van der Waals surface area contributed by atoms with Crippen LogP contribution in [0, 0.1) is 5.82 Å². The molecule has 0 N–H and O–H groups in total. The van der Waals surface area contributed by atoms with E-state index in [9.17, 15) is 22.4 Å². The number of rotatable bonds is 2. The zero-order valence-electron chi connectivity index (χ0n) is 10.1. The molecule has 0 amide bonds. The van der Waals surface area contributed by atoms with Crippen LogP contribution in [0.1, 0.15) is 24.5 Å². The number of hydrogen-bond acceptors (Lipinski definition) is 2. The highest BCUT2D eigenvalue weighted by molar-refractivity contribution is 8.01. The Morgan fingerprint density at radius 3 is 2.53 bits per heavy atom. The summed E-state index contributed by atoms with van der Waals surface area (Å²) in [4.78, 5) is 11.4. The summed E-state index contributed by atoms with van der Waals surface area (Å²) in [5, 5.41) is -0.189. The minimum Gasteiger partial charge on any atom is -0.298 e. The van der Waals surface area contributed by atoms with E-state index in [0.717, 1.165) is 12.1 Å². The third-order valence-electron chi connectivity index (χ3n) is 3.03. The van der Waals surface area contributed by atoms with Gasteiger partial charge in [0.1, 0.15) is 11.6 Å². The van der Waals surface area contributed by atoms with E-state index in [-0.39, 0.29) is 28.3 Å². The molecule has 0 aliphatic carbocycles. The molecular weight excluding hydrogens is 280 g/mol. The molecule has 1 saturated heterocycles. The third-order valence-corrected chi connectivity index (χ3v) is 4.42. The first-order chi connectivity index (χ1) is 8.75. The Morgan fingerprint density at radius 2 is 2.00 bits per heavy atom. The number of Topliss-reactive ketones (excluding diaryl/α,β-unsaturated/α-hetero) is 1. The van der Waals surface area contributed by atoms with Gasteiger partial charge in [-0.2, -0.15) is 13.2 Å². The molecule has 1 nitrogen and oxygen atoms in total. The average Bonchev–Trinajstić information content (AvgIpc) is 2.55. The fraction of sp³-hybridized carbons (Fsp3) is 0.462. The van der Waals surface area contributed by atoms with Crippen LogP contribution < -0.4 is 0 Å². The molecule has 6 heteroatoms. The number of hydrogen-bond donors (Lipinski definition) is 0. The fourth-order valence-electron chi connectivity index (χ4n) is 2.12. The fourth-order valence-corrected chi connectivity index (χ4v) is 3.49. The predicted octanol–water partition coefficient (Wildman–Crippen LogP) is 3.85. The maximum Gasteiger partial charge on any atom is 0.416 e. The molecule has 2 atom stereocenters. The van der Waals surface area contributed by atoms with Gasteiger partial charge in [-0.3, -0.25) is 4.79 Å². The Kier molecular flexibility index (Phi) is 3.90. The van der Waals surface area contributed by atoms with Crippen LogP contribution in [0.4, 0.5) is 17.6 Å². The van der Waals surface area contributed by atoms with Gasteiger partial charge in [0.05, 0.1) is 10.8 Å². The first kappa shape index (κ1) is 14.4. The highest BCUT2D eigenvalue weighted by Crippen LogP contribution is 2.35. The lowest BCUT2D eigenvalue weighted by atomic mass is 10.0.